The molecule has 9 aromatic rings. The minimum Gasteiger partial charge on any atom is -0.335 e. The fourth-order valence-electron chi connectivity index (χ4n) is 10.9. The number of rotatable bonds is 11. The van der Waals surface area contributed by atoms with E-state index in [0.717, 1.165) is 68.5 Å². The number of nitrogens with zero attached hydrogens (tertiary/aromatic N) is 4. The molecule has 8 aromatic carbocycles. The lowest BCUT2D eigenvalue weighted by molar-refractivity contribution is 0.604. The predicted octanol–water partition coefficient (Wildman–Crippen LogP) is 20.1. The summed E-state index contributed by atoms with van der Waals surface area (Å²) in [5.74, 6) is 0. The summed E-state index contributed by atoms with van der Waals surface area (Å²) in [7, 11) is 0. The molecule has 0 fully saturated rings. The molecule has 12 rings (SSSR count). The van der Waals surface area contributed by atoms with Crippen molar-refractivity contribution < 1.29 is 0 Å². The molecule has 3 aliphatic carbocycles. The standard InChI is InChI=1S/C62H54N4S.C7H8.C2H6/c1-41-14-8-11-19-56(41)64-42(2)44-34-36-62(3,37-35-44)55-33-32-53(46-24-22-43(23-25-46)40-66(51-16-6-5-7-17-51)58-21-13-12-20-57(58)63-4)59-60(55)67-61(65-59)47-28-26-45(27-29-47)48-30-31-50-38-49-15-9-10-18-52(49)54(50)39-48;1-7-5-3-2-4-6-7;1-2/h5-8,11-14,16-17,19-36,39H,4,9-10,15,18,37-38,40H2,1-3H3;2-6H,1H3;1-2H3. The predicted molar refractivity (Wildman–Crippen MR) is 329 cm³/mol. The smallest absolute Gasteiger partial charge is 0.124 e. The van der Waals surface area contributed by atoms with Gasteiger partial charge >= 0.3 is 0 Å². The molecule has 1 atom stereocenters. The number of aromatic nitrogens is 1. The van der Waals surface area contributed by atoms with Crippen molar-refractivity contribution in [2.24, 2.45) is 9.98 Å². The summed E-state index contributed by atoms with van der Waals surface area (Å²) in [4.78, 5) is 17.2. The highest BCUT2D eigenvalue weighted by molar-refractivity contribution is 7.22. The second-order valence-corrected chi connectivity index (χ2v) is 21.3. The van der Waals surface area contributed by atoms with E-state index in [1.54, 1.807) is 11.1 Å². The quantitative estimate of drug-likeness (QED) is 0.121. The van der Waals surface area contributed by atoms with Crippen LogP contribution >= 0.6 is 11.3 Å². The number of anilines is 2. The number of aryl methyl sites for hydroxylation is 2. The summed E-state index contributed by atoms with van der Waals surface area (Å²) in [5.41, 5.74) is 24.3. The van der Waals surface area contributed by atoms with Crippen molar-refractivity contribution in [1.29, 1.82) is 0 Å². The monoisotopic (exact) mass is 1010 g/mol. The molecule has 0 bridgehead atoms. The molecule has 0 aliphatic heterocycles. The third-order valence-corrected chi connectivity index (χ3v) is 16.3. The zero-order chi connectivity index (χ0) is 52.6. The van der Waals surface area contributed by atoms with Crippen LogP contribution in [0.1, 0.15) is 93.2 Å². The van der Waals surface area contributed by atoms with Gasteiger partial charge < -0.3 is 4.90 Å². The normalized spacial score (nSPS) is 15.7. The van der Waals surface area contributed by atoms with Crippen LogP contribution < -0.4 is 4.90 Å². The van der Waals surface area contributed by atoms with Gasteiger partial charge in [0.05, 0.1) is 27.3 Å². The Hall–Kier alpha value is -7.99. The number of fused-ring (bicyclic) bond motifs is 3. The molecule has 378 valence electrons. The van der Waals surface area contributed by atoms with Gasteiger partial charge in [-0.05, 0) is 158 Å². The molecule has 0 N–H and O–H groups in total. The Kier molecular flexibility index (Phi) is 15.8. The number of thiazole rings is 1. The zero-order valence-electron chi connectivity index (χ0n) is 45.0. The molecule has 0 spiro atoms. The maximum absolute atomic E-state index is 5.54. The van der Waals surface area contributed by atoms with Crippen molar-refractivity contribution in [2.45, 2.75) is 92.0 Å². The number of benzene rings is 8. The van der Waals surface area contributed by atoms with Crippen LogP contribution in [-0.2, 0) is 18.4 Å². The van der Waals surface area contributed by atoms with E-state index < -0.39 is 0 Å². The first-order valence-electron chi connectivity index (χ1n) is 27.1. The first-order valence-corrected chi connectivity index (χ1v) is 27.9. The first kappa shape index (κ1) is 51.5. The van der Waals surface area contributed by atoms with Gasteiger partial charge in [0.1, 0.15) is 5.01 Å². The van der Waals surface area contributed by atoms with E-state index in [2.05, 4.69) is 220 Å². The minimum atomic E-state index is -0.223. The summed E-state index contributed by atoms with van der Waals surface area (Å²) < 4.78 is 1.23. The molecule has 0 amide bonds. The van der Waals surface area contributed by atoms with E-state index in [0.29, 0.717) is 6.54 Å². The van der Waals surface area contributed by atoms with Crippen molar-refractivity contribution in [3.05, 3.63) is 251 Å². The van der Waals surface area contributed by atoms with E-state index in [1.807, 2.05) is 55.5 Å². The Morgan fingerprint density at radius 1 is 0.671 bits per heavy atom. The Bertz CT molecular complexity index is 3630. The maximum atomic E-state index is 5.54. The van der Waals surface area contributed by atoms with E-state index in [4.69, 9.17) is 9.98 Å². The highest BCUT2D eigenvalue weighted by atomic mass is 32.1. The van der Waals surface area contributed by atoms with Crippen LogP contribution in [0, 0.1) is 13.8 Å². The van der Waals surface area contributed by atoms with Gasteiger partial charge in [0.15, 0.2) is 0 Å². The van der Waals surface area contributed by atoms with Crippen molar-refractivity contribution in [1.82, 2.24) is 4.98 Å². The number of hydrogen-bond donors (Lipinski definition) is 0. The van der Waals surface area contributed by atoms with E-state index >= 15 is 0 Å². The lowest BCUT2D eigenvalue weighted by atomic mass is 9.75. The fourth-order valence-corrected chi connectivity index (χ4v) is 12.2. The van der Waals surface area contributed by atoms with E-state index in [1.165, 1.54) is 80.5 Å². The largest absolute Gasteiger partial charge is 0.335 e. The summed E-state index contributed by atoms with van der Waals surface area (Å²) in [6.45, 7) is 17.2. The van der Waals surface area contributed by atoms with Gasteiger partial charge in [-0.2, -0.15) is 0 Å². The molecule has 3 aliphatic rings. The molecule has 1 heterocycles. The molecule has 1 aromatic heterocycles. The molecule has 0 saturated carbocycles. The highest BCUT2D eigenvalue weighted by Gasteiger charge is 2.30. The maximum Gasteiger partial charge on any atom is 0.124 e. The Labute approximate surface area is 455 Å². The van der Waals surface area contributed by atoms with Crippen LogP contribution in [0.5, 0.6) is 0 Å². The topological polar surface area (TPSA) is 40.9 Å². The van der Waals surface area contributed by atoms with Crippen LogP contribution in [0.2, 0.25) is 0 Å². The third kappa shape index (κ3) is 11.0. The van der Waals surface area contributed by atoms with Gasteiger partial charge in [-0.25, -0.2) is 4.98 Å². The van der Waals surface area contributed by atoms with Crippen molar-refractivity contribution in [3.8, 4) is 32.8 Å². The lowest BCUT2D eigenvalue weighted by Crippen LogP contribution is -2.21. The molecule has 0 saturated heterocycles. The zero-order valence-corrected chi connectivity index (χ0v) is 45.8. The van der Waals surface area contributed by atoms with E-state index in [9.17, 15) is 0 Å². The molecule has 5 heteroatoms. The molecule has 4 nitrogen and oxygen atoms in total. The number of allylic oxidation sites excluding steroid dienone is 6. The SMILES string of the molecule is C=Nc1ccccc1N(Cc1ccc(-c2ccc(C3(C)C=CC(C(C)=Nc4ccccc4C)=CC3)c3sc(-c4ccc(-c5ccc6c(c5)C5=C(CCCC5)C6)cc4)nc23)cc1)c1ccccc1.CC.Cc1ccccc1. The Morgan fingerprint density at radius 2 is 1.33 bits per heavy atom. The molecule has 0 radical (unpaired) electrons. The van der Waals surface area contributed by atoms with Crippen molar-refractivity contribution >= 4 is 62.3 Å². The molecule has 76 heavy (non-hydrogen) atoms. The number of hydrogen-bond acceptors (Lipinski definition) is 5. The van der Waals surface area contributed by atoms with Crippen molar-refractivity contribution in [2.75, 3.05) is 4.90 Å². The summed E-state index contributed by atoms with van der Waals surface area (Å²) in [5, 5.41) is 1.03. The summed E-state index contributed by atoms with van der Waals surface area (Å²) >= 11 is 1.81. The minimum absolute atomic E-state index is 0.223. The van der Waals surface area contributed by atoms with Crippen LogP contribution in [0.15, 0.2) is 227 Å². The molecular weight excluding hydrogens is 941 g/mol. The Morgan fingerprint density at radius 3 is 2.03 bits per heavy atom. The summed E-state index contributed by atoms with van der Waals surface area (Å²) in [6, 6.07) is 67.2. The van der Waals surface area contributed by atoms with Gasteiger partial charge in [0.2, 0.25) is 0 Å². The highest BCUT2D eigenvalue weighted by Crippen LogP contribution is 2.47. The van der Waals surface area contributed by atoms with Gasteiger partial charge in [-0.1, -0.05) is 202 Å². The average molecular weight is 1010 g/mol. The third-order valence-electron chi connectivity index (χ3n) is 15.2. The van der Waals surface area contributed by atoms with Gasteiger partial charge in [0.25, 0.3) is 0 Å². The first-order chi connectivity index (χ1) is 37.2. The Balaban J connectivity index is 0.000000670. The fraction of sp³-hybridized carbons (Fsp3) is 0.197. The second-order valence-electron chi connectivity index (χ2n) is 20.3. The second kappa shape index (κ2) is 23.3. The van der Waals surface area contributed by atoms with Crippen LogP contribution in [-0.4, -0.2) is 17.4 Å². The van der Waals surface area contributed by atoms with Crippen LogP contribution in [0.4, 0.5) is 22.7 Å². The van der Waals surface area contributed by atoms with Gasteiger partial charge in [0, 0.05) is 34.5 Å². The van der Waals surface area contributed by atoms with Gasteiger partial charge in [-0.3, -0.25) is 9.98 Å². The van der Waals surface area contributed by atoms with Gasteiger partial charge in [-0.15, -0.1) is 11.3 Å². The summed E-state index contributed by atoms with van der Waals surface area (Å²) in [6.07, 6.45) is 14.2. The molecule has 1 unspecified atom stereocenters. The van der Waals surface area contributed by atoms with Crippen LogP contribution in [0.25, 0.3) is 48.6 Å². The number of aliphatic imine (C=N–C) groups is 2. The average Bonchev–Trinajstić information content (AvgIpc) is 4.11. The molecular formula is C71H68N4S. The van der Waals surface area contributed by atoms with Crippen LogP contribution in [0.3, 0.4) is 0 Å². The van der Waals surface area contributed by atoms with Crippen molar-refractivity contribution in [3.63, 3.8) is 0 Å². The lowest BCUT2D eigenvalue weighted by Gasteiger charge is -2.29. The number of para-hydroxylation sites is 4. The van der Waals surface area contributed by atoms with E-state index in [-0.39, 0.29) is 5.41 Å².